The molecule has 0 aliphatic rings. The highest BCUT2D eigenvalue weighted by Gasteiger charge is 2.23. The first kappa shape index (κ1) is 25.9. The molecule has 0 spiro atoms. The van der Waals surface area contributed by atoms with Crippen LogP contribution in [0.5, 0.6) is 0 Å². The van der Waals surface area contributed by atoms with Crippen LogP contribution in [0.25, 0.3) is 11.3 Å². The van der Waals surface area contributed by atoms with Crippen LogP contribution in [-0.2, 0) is 26.2 Å². The molecule has 10 nitrogen and oxygen atoms in total. The molecule has 176 valence electrons. The van der Waals surface area contributed by atoms with Crippen LogP contribution in [0.2, 0.25) is 0 Å². The third kappa shape index (κ3) is 6.58. The Kier molecular flexibility index (Phi) is 8.77. The van der Waals surface area contributed by atoms with Crippen molar-refractivity contribution in [2.45, 2.75) is 11.4 Å². The minimum absolute atomic E-state index is 0.109. The van der Waals surface area contributed by atoms with Crippen molar-refractivity contribution in [3.05, 3.63) is 84.1 Å². The number of nitriles is 1. The Morgan fingerprint density at radius 2 is 1.85 bits per heavy atom. The molecule has 0 saturated carbocycles. The van der Waals surface area contributed by atoms with E-state index in [4.69, 9.17) is 10.2 Å². The lowest BCUT2D eigenvalue weighted by atomic mass is 10.1. The molecular weight excluding hydrogens is 467 g/mol. The van der Waals surface area contributed by atoms with Crippen molar-refractivity contribution in [3.63, 3.8) is 0 Å². The van der Waals surface area contributed by atoms with Crippen molar-refractivity contribution in [1.29, 1.82) is 5.26 Å². The van der Waals surface area contributed by atoms with Crippen LogP contribution in [0, 0.1) is 17.1 Å². The van der Waals surface area contributed by atoms with E-state index in [9.17, 15) is 27.7 Å². The zero-order valence-electron chi connectivity index (χ0n) is 17.7. The molecule has 0 saturated heterocycles. The molecule has 3 N–H and O–H groups in total. The molecule has 3 aromatic rings. The molecule has 0 unspecified atom stereocenters. The number of halogens is 1. The number of hydrogen-bond acceptors (Lipinski definition) is 7. The van der Waals surface area contributed by atoms with Crippen LogP contribution in [0.15, 0.2) is 71.9 Å². The Labute approximate surface area is 194 Å². The van der Waals surface area contributed by atoms with E-state index in [0.29, 0.717) is 35.5 Å². The lowest BCUT2D eigenvalue weighted by Crippen LogP contribution is -2.14. The number of benzene rings is 1. The van der Waals surface area contributed by atoms with E-state index >= 15 is 0 Å². The minimum Gasteiger partial charge on any atom is -0.478 e. The number of rotatable bonds is 7. The van der Waals surface area contributed by atoms with Gasteiger partial charge in [-0.3, -0.25) is 0 Å². The Bertz CT molecular complexity index is 1360. The second kappa shape index (κ2) is 11.5. The lowest BCUT2D eigenvalue weighted by Gasteiger charge is -2.11. The first-order chi connectivity index (χ1) is 16.1. The molecule has 2 heterocycles. The predicted octanol–water partition coefficient (Wildman–Crippen LogP) is 2.23. The summed E-state index contributed by atoms with van der Waals surface area (Å²) in [4.78, 5) is 22.9. The number of aromatic nitrogens is 2. The number of carboxylic acid groups (broad SMARTS) is 2. The fourth-order valence-electron chi connectivity index (χ4n) is 2.78. The lowest BCUT2D eigenvalue weighted by molar-refractivity contribution is -0.134. The molecule has 0 amide bonds. The van der Waals surface area contributed by atoms with Gasteiger partial charge in [0.1, 0.15) is 17.6 Å². The first-order valence-corrected chi connectivity index (χ1v) is 10.9. The largest absolute Gasteiger partial charge is 0.478 e. The van der Waals surface area contributed by atoms with Crippen molar-refractivity contribution in [2.75, 3.05) is 7.05 Å². The highest BCUT2D eigenvalue weighted by atomic mass is 32.2. The van der Waals surface area contributed by atoms with Gasteiger partial charge in [-0.05, 0) is 49.0 Å². The van der Waals surface area contributed by atoms with Gasteiger partial charge in [-0.2, -0.15) is 5.26 Å². The van der Waals surface area contributed by atoms with Gasteiger partial charge in [-0.15, -0.1) is 0 Å². The predicted molar refractivity (Wildman–Crippen MR) is 119 cm³/mol. The average molecular weight is 486 g/mol. The van der Waals surface area contributed by atoms with Crippen molar-refractivity contribution < 1.29 is 32.6 Å². The Morgan fingerprint density at radius 1 is 1.18 bits per heavy atom. The number of nitrogens with one attached hydrogen (secondary N) is 1. The molecule has 3 rings (SSSR count). The second-order valence-corrected chi connectivity index (χ2v) is 8.36. The maximum Gasteiger partial charge on any atom is 0.328 e. The molecule has 0 fully saturated rings. The fourth-order valence-corrected chi connectivity index (χ4v) is 4.20. The van der Waals surface area contributed by atoms with Crippen LogP contribution in [0.1, 0.15) is 11.3 Å². The summed E-state index contributed by atoms with van der Waals surface area (Å²) >= 11 is 0. The normalized spacial score (nSPS) is 10.9. The molecule has 1 aromatic carbocycles. The van der Waals surface area contributed by atoms with Crippen LogP contribution >= 0.6 is 0 Å². The first-order valence-electron chi connectivity index (χ1n) is 9.46. The van der Waals surface area contributed by atoms with Crippen molar-refractivity contribution in [3.8, 4) is 17.3 Å². The number of aliphatic carboxylic acids is 2. The Morgan fingerprint density at radius 3 is 2.41 bits per heavy atom. The van der Waals surface area contributed by atoms with E-state index in [1.165, 1.54) is 30.6 Å². The van der Waals surface area contributed by atoms with Gasteiger partial charge in [0.05, 0.1) is 10.6 Å². The summed E-state index contributed by atoms with van der Waals surface area (Å²) in [6, 6.07) is 11.7. The second-order valence-electron chi connectivity index (χ2n) is 6.54. The van der Waals surface area contributed by atoms with Crippen molar-refractivity contribution in [2.24, 2.45) is 0 Å². The van der Waals surface area contributed by atoms with Gasteiger partial charge in [0.15, 0.2) is 0 Å². The Hall–Kier alpha value is -4.34. The number of carboxylic acids is 2. The highest BCUT2D eigenvalue weighted by molar-refractivity contribution is 7.90. The van der Waals surface area contributed by atoms with E-state index in [0.717, 1.165) is 10.0 Å². The van der Waals surface area contributed by atoms with Crippen LogP contribution in [-0.4, -0.2) is 46.6 Å². The molecule has 2 aromatic heterocycles. The van der Waals surface area contributed by atoms with Gasteiger partial charge in [0, 0.05) is 36.7 Å². The van der Waals surface area contributed by atoms with Gasteiger partial charge in [0.2, 0.25) is 0 Å². The van der Waals surface area contributed by atoms with Gasteiger partial charge < -0.3 is 15.5 Å². The number of carbonyl (C=O) groups is 2. The summed E-state index contributed by atoms with van der Waals surface area (Å²) in [6.45, 7) is 0.431. The van der Waals surface area contributed by atoms with E-state index < -0.39 is 27.8 Å². The molecule has 0 radical (unpaired) electrons. The van der Waals surface area contributed by atoms with Crippen LogP contribution in [0.4, 0.5) is 4.39 Å². The van der Waals surface area contributed by atoms with E-state index in [-0.39, 0.29) is 10.6 Å². The van der Waals surface area contributed by atoms with Crippen molar-refractivity contribution >= 4 is 22.0 Å². The zero-order valence-corrected chi connectivity index (χ0v) is 18.5. The molecule has 0 aliphatic carbocycles. The van der Waals surface area contributed by atoms with Gasteiger partial charge in [-0.25, -0.2) is 31.4 Å². The monoisotopic (exact) mass is 486 g/mol. The van der Waals surface area contributed by atoms with E-state index in [1.54, 1.807) is 25.2 Å². The number of pyridine rings is 1. The summed E-state index contributed by atoms with van der Waals surface area (Å²) in [5, 5.41) is 27.9. The maximum atomic E-state index is 13.5. The average Bonchev–Trinajstić information content (AvgIpc) is 3.23. The fraction of sp³-hybridized carbons (Fsp3) is 0.0909. The van der Waals surface area contributed by atoms with Gasteiger partial charge >= 0.3 is 11.9 Å². The molecule has 12 heteroatoms. The topological polar surface area (TPSA) is 162 Å². The molecule has 0 bridgehead atoms. The van der Waals surface area contributed by atoms with Crippen molar-refractivity contribution in [1.82, 2.24) is 14.3 Å². The summed E-state index contributed by atoms with van der Waals surface area (Å²) < 4.78 is 40.7. The SMILES string of the molecule is CNCc1cc(-c2cccnc2C#N)n(S(=O)(=O)c2cccc(F)c2)c1.O=C(O)/C=C/C(=O)O. The van der Waals surface area contributed by atoms with Crippen LogP contribution in [0.3, 0.4) is 0 Å². The summed E-state index contributed by atoms with van der Waals surface area (Å²) in [6.07, 6.45) is 4.04. The van der Waals surface area contributed by atoms with E-state index in [2.05, 4.69) is 10.3 Å². The molecule has 0 atom stereocenters. The minimum atomic E-state index is -4.05. The third-order valence-electron chi connectivity index (χ3n) is 4.13. The Balaban J connectivity index is 0.000000440. The maximum absolute atomic E-state index is 13.5. The molecule has 34 heavy (non-hydrogen) atoms. The number of nitrogens with zero attached hydrogens (tertiary/aromatic N) is 3. The summed E-state index contributed by atoms with van der Waals surface area (Å²) in [5.74, 6) is -3.16. The smallest absolute Gasteiger partial charge is 0.328 e. The zero-order chi connectivity index (χ0) is 25.3. The molecule has 0 aliphatic heterocycles. The highest BCUT2D eigenvalue weighted by Crippen LogP contribution is 2.29. The quantitative estimate of drug-likeness (QED) is 0.425. The standard InChI is InChI=1S/C18H15FN4O2S.C4H4O4/c1-21-11-13-8-18(16-6-3-7-22-17(16)10-20)23(12-13)26(24,25)15-5-2-4-14(19)9-15;5-3(6)1-2-4(7)8/h2-9,12,21H,11H2,1H3;1-2H,(H,5,6)(H,7,8)/b;2-1+. The van der Waals surface area contributed by atoms with Crippen LogP contribution < -0.4 is 5.32 Å². The molecular formula is C22H19FN4O6S. The number of hydrogen-bond donors (Lipinski definition) is 3. The van der Waals surface area contributed by atoms with E-state index in [1.807, 2.05) is 6.07 Å². The van der Waals surface area contributed by atoms with Gasteiger partial charge in [0.25, 0.3) is 10.0 Å². The van der Waals surface area contributed by atoms with Gasteiger partial charge in [-0.1, -0.05) is 6.07 Å². The summed E-state index contributed by atoms with van der Waals surface area (Å²) in [5.41, 5.74) is 1.49. The third-order valence-corrected chi connectivity index (χ3v) is 5.80. The summed E-state index contributed by atoms with van der Waals surface area (Å²) in [7, 11) is -2.31.